The molecule has 1 aliphatic heterocycles. The van der Waals surface area contributed by atoms with E-state index in [1.165, 1.54) is 4.90 Å². The Hall–Kier alpha value is -2.04. The molecule has 0 bridgehead atoms. The topological polar surface area (TPSA) is 66.8 Å². The lowest BCUT2D eigenvalue weighted by molar-refractivity contribution is -0.144. The molecule has 22 heavy (non-hydrogen) atoms. The molecule has 1 heterocycles. The standard InChI is InChI=1S/C17H23NO4/c1-17(2,3)22-16(21)18-10-9-13(14(11-18)15(19)20)12-7-5-4-6-8-12/h4-8,13-14H,9-11H2,1-3H3,(H,19,20)/t13-,14+/m0/s1. The Bertz CT molecular complexity index is 535. The van der Waals surface area contributed by atoms with Crippen LogP contribution < -0.4 is 0 Å². The van der Waals surface area contributed by atoms with Gasteiger partial charge in [-0.15, -0.1) is 0 Å². The van der Waals surface area contributed by atoms with Gasteiger partial charge in [-0.1, -0.05) is 30.3 Å². The van der Waals surface area contributed by atoms with Crippen molar-refractivity contribution in [3.05, 3.63) is 35.9 Å². The Balaban J connectivity index is 2.12. The molecular formula is C17H23NO4. The quantitative estimate of drug-likeness (QED) is 0.911. The number of rotatable bonds is 2. The lowest BCUT2D eigenvalue weighted by Gasteiger charge is -2.37. The highest BCUT2D eigenvalue weighted by Gasteiger charge is 2.38. The van der Waals surface area contributed by atoms with Crippen LogP contribution in [0.5, 0.6) is 0 Å². The number of carboxylic acid groups (broad SMARTS) is 1. The molecule has 0 saturated carbocycles. The summed E-state index contributed by atoms with van der Waals surface area (Å²) in [6, 6.07) is 9.63. The summed E-state index contributed by atoms with van der Waals surface area (Å²) in [4.78, 5) is 25.3. The van der Waals surface area contributed by atoms with Gasteiger partial charge in [0.1, 0.15) is 5.60 Å². The molecule has 0 unspecified atom stereocenters. The van der Waals surface area contributed by atoms with Gasteiger partial charge in [0.25, 0.3) is 0 Å². The van der Waals surface area contributed by atoms with E-state index in [4.69, 9.17) is 4.74 Å². The minimum absolute atomic E-state index is 0.0719. The van der Waals surface area contributed by atoms with E-state index in [-0.39, 0.29) is 12.5 Å². The number of aliphatic carboxylic acids is 1. The molecule has 120 valence electrons. The molecular weight excluding hydrogens is 282 g/mol. The van der Waals surface area contributed by atoms with Crippen LogP contribution in [0, 0.1) is 5.92 Å². The number of ether oxygens (including phenoxy) is 1. The number of nitrogens with zero attached hydrogens (tertiary/aromatic N) is 1. The van der Waals surface area contributed by atoms with Crippen LogP contribution in [0.1, 0.15) is 38.7 Å². The first-order valence-corrected chi connectivity index (χ1v) is 7.53. The van der Waals surface area contributed by atoms with E-state index in [2.05, 4.69) is 0 Å². The summed E-state index contributed by atoms with van der Waals surface area (Å²) in [5, 5.41) is 9.52. The Morgan fingerprint density at radius 3 is 2.41 bits per heavy atom. The van der Waals surface area contributed by atoms with Crippen molar-refractivity contribution in [3.63, 3.8) is 0 Å². The van der Waals surface area contributed by atoms with Crippen LogP contribution in [0.2, 0.25) is 0 Å². The SMILES string of the molecule is CC(C)(C)OC(=O)N1CC[C@@H](c2ccccc2)[C@H](C(=O)O)C1. The minimum Gasteiger partial charge on any atom is -0.481 e. The summed E-state index contributed by atoms with van der Waals surface area (Å²) in [5.74, 6) is -1.55. The van der Waals surface area contributed by atoms with Gasteiger partial charge in [0.2, 0.25) is 0 Å². The maximum absolute atomic E-state index is 12.1. The first kappa shape index (κ1) is 16.3. The van der Waals surface area contributed by atoms with E-state index in [1.54, 1.807) is 20.8 Å². The average molecular weight is 305 g/mol. The third kappa shape index (κ3) is 4.00. The molecule has 1 amide bonds. The average Bonchev–Trinajstić information content (AvgIpc) is 2.45. The molecule has 2 atom stereocenters. The summed E-state index contributed by atoms with van der Waals surface area (Å²) >= 11 is 0. The number of hydrogen-bond acceptors (Lipinski definition) is 3. The van der Waals surface area contributed by atoms with Crippen LogP contribution in [0.25, 0.3) is 0 Å². The van der Waals surface area contributed by atoms with Gasteiger partial charge >= 0.3 is 12.1 Å². The van der Waals surface area contributed by atoms with Gasteiger partial charge < -0.3 is 14.7 Å². The Kier molecular flexibility index (Phi) is 4.74. The Morgan fingerprint density at radius 1 is 1.23 bits per heavy atom. The predicted molar refractivity (Wildman–Crippen MR) is 82.7 cm³/mol. The largest absolute Gasteiger partial charge is 0.481 e. The molecule has 1 aromatic rings. The van der Waals surface area contributed by atoms with Crippen LogP contribution in [-0.2, 0) is 9.53 Å². The molecule has 1 saturated heterocycles. The van der Waals surface area contributed by atoms with Gasteiger partial charge in [0.15, 0.2) is 0 Å². The highest BCUT2D eigenvalue weighted by molar-refractivity contribution is 5.74. The molecule has 2 rings (SSSR count). The number of amides is 1. The third-order valence-corrected chi connectivity index (χ3v) is 3.81. The van der Waals surface area contributed by atoms with Crippen molar-refractivity contribution in [2.75, 3.05) is 13.1 Å². The van der Waals surface area contributed by atoms with Crippen molar-refractivity contribution in [3.8, 4) is 0 Å². The van der Waals surface area contributed by atoms with Crippen molar-refractivity contribution in [1.82, 2.24) is 4.90 Å². The molecule has 0 aromatic heterocycles. The lowest BCUT2D eigenvalue weighted by atomic mass is 9.80. The fraction of sp³-hybridized carbons (Fsp3) is 0.529. The van der Waals surface area contributed by atoms with E-state index in [0.29, 0.717) is 13.0 Å². The zero-order valence-corrected chi connectivity index (χ0v) is 13.3. The summed E-state index contributed by atoms with van der Waals surface area (Å²) in [6.45, 7) is 6.10. The van der Waals surface area contributed by atoms with Gasteiger partial charge in [-0.2, -0.15) is 0 Å². The highest BCUT2D eigenvalue weighted by Crippen LogP contribution is 2.33. The molecule has 1 aromatic carbocycles. The monoisotopic (exact) mass is 305 g/mol. The second kappa shape index (κ2) is 6.38. The Labute approximate surface area is 130 Å². The molecule has 0 aliphatic carbocycles. The Morgan fingerprint density at radius 2 is 1.86 bits per heavy atom. The van der Waals surface area contributed by atoms with Crippen LogP contribution in [-0.4, -0.2) is 40.8 Å². The summed E-state index contributed by atoms with van der Waals surface area (Å²) in [7, 11) is 0. The van der Waals surface area contributed by atoms with E-state index in [9.17, 15) is 14.7 Å². The van der Waals surface area contributed by atoms with Crippen molar-refractivity contribution < 1.29 is 19.4 Å². The van der Waals surface area contributed by atoms with Crippen LogP contribution in [0.4, 0.5) is 4.79 Å². The lowest BCUT2D eigenvalue weighted by Crippen LogP contribution is -2.47. The molecule has 0 radical (unpaired) electrons. The fourth-order valence-electron chi connectivity index (χ4n) is 2.79. The number of benzene rings is 1. The molecule has 1 N–H and O–H groups in total. The maximum Gasteiger partial charge on any atom is 0.410 e. The fourth-order valence-corrected chi connectivity index (χ4v) is 2.79. The van der Waals surface area contributed by atoms with E-state index in [1.807, 2.05) is 30.3 Å². The van der Waals surface area contributed by atoms with Gasteiger partial charge in [-0.3, -0.25) is 4.79 Å². The zero-order valence-electron chi connectivity index (χ0n) is 13.3. The number of piperidine rings is 1. The van der Waals surface area contributed by atoms with E-state index in [0.717, 1.165) is 5.56 Å². The number of likely N-dealkylation sites (tertiary alicyclic amines) is 1. The smallest absolute Gasteiger partial charge is 0.410 e. The minimum atomic E-state index is -0.873. The number of hydrogen-bond donors (Lipinski definition) is 1. The van der Waals surface area contributed by atoms with Gasteiger partial charge in [-0.05, 0) is 32.8 Å². The van der Waals surface area contributed by atoms with Crippen molar-refractivity contribution in [2.24, 2.45) is 5.92 Å². The van der Waals surface area contributed by atoms with E-state index >= 15 is 0 Å². The second-order valence-corrected chi connectivity index (χ2v) is 6.68. The second-order valence-electron chi connectivity index (χ2n) is 6.68. The highest BCUT2D eigenvalue weighted by atomic mass is 16.6. The molecule has 0 spiro atoms. The normalized spacial score (nSPS) is 22.2. The molecule has 5 nitrogen and oxygen atoms in total. The maximum atomic E-state index is 12.1. The summed E-state index contributed by atoms with van der Waals surface area (Å²) in [6.07, 6.45) is 0.186. The van der Waals surface area contributed by atoms with Crippen LogP contribution in [0.3, 0.4) is 0 Å². The molecule has 1 fully saturated rings. The van der Waals surface area contributed by atoms with Crippen LogP contribution in [0.15, 0.2) is 30.3 Å². The molecule has 5 heteroatoms. The first-order valence-electron chi connectivity index (χ1n) is 7.53. The summed E-state index contributed by atoms with van der Waals surface area (Å²) < 4.78 is 5.34. The van der Waals surface area contributed by atoms with Gasteiger partial charge in [0, 0.05) is 19.0 Å². The first-order chi connectivity index (χ1) is 10.3. The number of carboxylic acids is 1. The van der Waals surface area contributed by atoms with Crippen molar-refractivity contribution in [2.45, 2.75) is 38.7 Å². The summed E-state index contributed by atoms with van der Waals surface area (Å²) in [5.41, 5.74) is 0.435. The number of carbonyl (C=O) groups is 2. The third-order valence-electron chi connectivity index (χ3n) is 3.81. The van der Waals surface area contributed by atoms with Crippen molar-refractivity contribution >= 4 is 12.1 Å². The van der Waals surface area contributed by atoms with Gasteiger partial charge in [0.05, 0.1) is 5.92 Å². The zero-order chi connectivity index (χ0) is 16.3. The van der Waals surface area contributed by atoms with Crippen molar-refractivity contribution in [1.29, 1.82) is 0 Å². The predicted octanol–water partition coefficient (Wildman–Crippen LogP) is 3.11. The van der Waals surface area contributed by atoms with Gasteiger partial charge in [-0.25, -0.2) is 4.79 Å². The van der Waals surface area contributed by atoms with Crippen LogP contribution >= 0.6 is 0 Å². The molecule has 1 aliphatic rings. The van der Waals surface area contributed by atoms with E-state index < -0.39 is 23.6 Å². The number of carbonyl (C=O) groups excluding carboxylic acids is 1.